The van der Waals surface area contributed by atoms with Crippen molar-refractivity contribution in [1.29, 1.82) is 0 Å². The molecule has 1 aliphatic heterocycles. The van der Waals surface area contributed by atoms with Crippen LogP contribution in [0.2, 0.25) is 0 Å². The van der Waals surface area contributed by atoms with Crippen LogP contribution in [0.15, 0.2) is 54.6 Å². The Labute approximate surface area is 135 Å². The summed E-state index contributed by atoms with van der Waals surface area (Å²) < 4.78 is 11.5. The monoisotopic (exact) mass is 312 g/mol. The number of nitrogen functional groups attached to an aromatic ring is 1. The molecule has 5 nitrogen and oxygen atoms in total. The summed E-state index contributed by atoms with van der Waals surface area (Å²) >= 11 is 0. The molecule has 0 bridgehead atoms. The van der Waals surface area contributed by atoms with Gasteiger partial charge < -0.3 is 20.5 Å². The molecule has 3 rings (SSSR count). The van der Waals surface area contributed by atoms with Gasteiger partial charge in [-0.1, -0.05) is 30.3 Å². The third-order valence-electron chi connectivity index (χ3n) is 3.76. The Hall–Kier alpha value is -2.37. The van der Waals surface area contributed by atoms with E-state index in [0.29, 0.717) is 30.9 Å². The van der Waals surface area contributed by atoms with Crippen LogP contribution in [0.5, 0.6) is 0 Å². The van der Waals surface area contributed by atoms with E-state index in [-0.39, 0.29) is 11.9 Å². The lowest BCUT2D eigenvalue weighted by Gasteiger charge is -2.17. The molecular formula is C18H20N2O3. The number of nitrogens with two attached hydrogens (primary N) is 1. The maximum Gasteiger partial charge on any atom is 0.251 e. The van der Waals surface area contributed by atoms with Gasteiger partial charge in [0.15, 0.2) is 6.29 Å². The Morgan fingerprint density at radius 3 is 2.52 bits per heavy atom. The molecule has 0 spiro atoms. The van der Waals surface area contributed by atoms with Crippen LogP contribution in [0.4, 0.5) is 5.69 Å². The van der Waals surface area contributed by atoms with Crippen molar-refractivity contribution >= 4 is 11.6 Å². The van der Waals surface area contributed by atoms with E-state index >= 15 is 0 Å². The van der Waals surface area contributed by atoms with Gasteiger partial charge in [0.2, 0.25) is 0 Å². The summed E-state index contributed by atoms with van der Waals surface area (Å²) in [5.74, 6) is -0.0925. The van der Waals surface area contributed by atoms with E-state index in [1.54, 1.807) is 12.1 Å². The summed E-state index contributed by atoms with van der Waals surface area (Å²) in [5, 5.41) is 2.99. The van der Waals surface area contributed by atoms with Gasteiger partial charge >= 0.3 is 0 Å². The third kappa shape index (κ3) is 4.09. The topological polar surface area (TPSA) is 73.6 Å². The number of anilines is 1. The highest BCUT2D eigenvalue weighted by molar-refractivity contribution is 5.94. The zero-order valence-electron chi connectivity index (χ0n) is 12.8. The summed E-state index contributed by atoms with van der Waals surface area (Å²) in [6.07, 6.45) is 0.290. The van der Waals surface area contributed by atoms with E-state index in [1.807, 2.05) is 42.5 Å². The van der Waals surface area contributed by atoms with Crippen LogP contribution in [0, 0.1) is 0 Å². The molecule has 5 heteroatoms. The van der Waals surface area contributed by atoms with Gasteiger partial charge in [-0.2, -0.15) is 0 Å². The average molecular weight is 312 g/mol. The molecule has 0 radical (unpaired) electrons. The van der Waals surface area contributed by atoms with Crippen molar-refractivity contribution < 1.29 is 14.3 Å². The van der Waals surface area contributed by atoms with Crippen LogP contribution < -0.4 is 11.1 Å². The maximum absolute atomic E-state index is 12.2. The lowest BCUT2D eigenvalue weighted by Crippen LogP contribution is -2.38. The van der Waals surface area contributed by atoms with Gasteiger partial charge in [0, 0.05) is 16.8 Å². The first-order chi connectivity index (χ1) is 11.2. The quantitative estimate of drug-likeness (QED) is 0.854. The number of rotatable bonds is 3. The number of amides is 1. The van der Waals surface area contributed by atoms with E-state index < -0.39 is 6.29 Å². The summed E-state index contributed by atoms with van der Waals surface area (Å²) in [6, 6.07) is 16.5. The van der Waals surface area contributed by atoms with Crippen LogP contribution in [-0.2, 0) is 9.47 Å². The Kier molecular flexibility index (Phi) is 4.90. The zero-order valence-corrected chi connectivity index (χ0v) is 12.8. The lowest BCUT2D eigenvalue weighted by molar-refractivity contribution is -0.131. The summed E-state index contributed by atoms with van der Waals surface area (Å²) in [5.41, 5.74) is 7.97. The molecule has 0 saturated carbocycles. The molecule has 2 aromatic rings. The fourth-order valence-electron chi connectivity index (χ4n) is 2.47. The van der Waals surface area contributed by atoms with E-state index in [2.05, 4.69) is 5.32 Å². The van der Waals surface area contributed by atoms with Crippen molar-refractivity contribution in [2.24, 2.45) is 0 Å². The summed E-state index contributed by atoms with van der Waals surface area (Å²) in [7, 11) is 0. The van der Waals surface area contributed by atoms with Crippen LogP contribution >= 0.6 is 0 Å². The second kappa shape index (κ2) is 7.26. The van der Waals surface area contributed by atoms with Crippen molar-refractivity contribution in [1.82, 2.24) is 5.32 Å². The SMILES string of the molecule is Nc1ccc([C@@H]2OCC[C@H](NC(=O)c3ccccc3)CO2)cc1. The number of ether oxygens (including phenoxy) is 2. The fraction of sp³-hybridized carbons (Fsp3) is 0.278. The molecule has 1 amide bonds. The minimum atomic E-state index is -0.422. The van der Waals surface area contributed by atoms with Crippen molar-refractivity contribution in [2.45, 2.75) is 18.8 Å². The first-order valence-electron chi connectivity index (χ1n) is 7.67. The number of hydrogen-bond acceptors (Lipinski definition) is 4. The highest BCUT2D eigenvalue weighted by Gasteiger charge is 2.22. The first kappa shape index (κ1) is 15.5. The van der Waals surface area contributed by atoms with Gasteiger partial charge in [-0.3, -0.25) is 4.79 Å². The normalized spacial score (nSPS) is 21.4. The fourth-order valence-corrected chi connectivity index (χ4v) is 2.47. The molecule has 1 heterocycles. The molecular weight excluding hydrogens is 292 g/mol. The van der Waals surface area contributed by atoms with Gasteiger partial charge in [-0.25, -0.2) is 0 Å². The Morgan fingerprint density at radius 2 is 1.78 bits per heavy atom. The molecule has 2 aromatic carbocycles. The van der Waals surface area contributed by atoms with Crippen LogP contribution in [-0.4, -0.2) is 25.2 Å². The van der Waals surface area contributed by atoms with Gasteiger partial charge in [0.1, 0.15) is 0 Å². The first-order valence-corrected chi connectivity index (χ1v) is 7.67. The minimum Gasteiger partial charge on any atom is -0.399 e. The van der Waals surface area contributed by atoms with Gasteiger partial charge in [0.25, 0.3) is 5.91 Å². The molecule has 1 aliphatic rings. The van der Waals surface area contributed by atoms with Gasteiger partial charge in [-0.05, 0) is 30.7 Å². The van der Waals surface area contributed by atoms with Crippen molar-refractivity contribution in [3.63, 3.8) is 0 Å². The molecule has 1 saturated heterocycles. The van der Waals surface area contributed by atoms with Gasteiger partial charge in [0.05, 0.1) is 19.3 Å². The standard InChI is InChI=1S/C18H20N2O3/c19-15-8-6-14(7-9-15)18-22-11-10-16(12-23-18)20-17(21)13-4-2-1-3-5-13/h1-9,16,18H,10-12,19H2,(H,20,21)/t16-,18+/m0/s1. The van der Waals surface area contributed by atoms with E-state index in [4.69, 9.17) is 15.2 Å². The molecule has 23 heavy (non-hydrogen) atoms. The maximum atomic E-state index is 12.2. The number of carbonyl (C=O) groups excluding carboxylic acids is 1. The smallest absolute Gasteiger partial charge is 0.251 e. The Balaban J connectivity index is 1.58. The zero-order chi connectivity index (χ0) is 16.1. The van der Waals surface area contributed by atoms with E-state index in [0.717, 1.165) is 5.56 Å². The van der Waals surface area contributed by atoms with Crippen molar-refractivity contribution in [3.8, 4) is 0 Å². The third-order valence-corrected chi connectivity index (χ3v) is 3.76. The predicted octanol–water partition coefficient (Wildman–Crippen LogP) is 2.50. The molecule has 2 atom stereocenters. The minimum absolute atomic E-state index is 0.0681. The second-order valence-electron chi connectivity index (χ2n) is 5.53. The lowest BCUT2D eigenvalue weighted by atomic mass is 10.1. The molecule has 1 fully saturated rings. The molecule has 0 unspecified atom stereocenters. The molecule has 0 aliphatic carbocycles. The number of nitrogens with one attached hydrogen (secondary N) is 1. The van der Waals surface area contributed by atoms with Crippen LogP contribution in [0.25, 0.3) is 0 Å². The Morgan fingerprint density at radius 1 is 1.04 bits per heavy atom. The second-order valence-corrected chi connectivity index (χ2v) is 5.53. The van der Waals surface area contributed by atoms with Crippen molar-refractivity contribution in [3.05, 3.63) is 65.7 Å². The summed E-state index contributed by atoms with van der Waals surface area (Å²) in [6.45, 7) is 0.933. The molecule has 0 aromatic heterocycles. The highest BCUT2D eigenvalue weighted by Crippen LogP contribution is 2.23. The van der Waals surface area contributed by atoms with Crippen LogP contribution in [0.3, 0.4) is 0 Å². The largest absolute Gasteiger partial charge is 0.399 e. The Bertz CT molecular complexity index is 643. The number of benzene rings is 2. The molecule has 120 valence electrons. The number of carbonyl (C=O) groups is 1. The average Bonchev–Trinajstić information content (AvgIpc) is 2.82. The predicted molar refractivity (Wildman–Crippen MR) is 87.8 cm³/mol. The highest BCUT2D eigenvalue weighted by atomic mass is 16.7. The van der Waals surface area contributed by atoms with Crippen LogP contribution in [0.1, 0.15) is 28.6 Å². The van der Waals surface area contributed by atoms with E-state index in [1.165, 1.54) is 0 Å². The van der Waals surface area contributed by atoms with Crippen molar-refractivity contribution in [2.75, 3.05) is 18.9 Å². The number of hydrogen-bond donors (Lipinski definition) is 2. The molecule has 3 N–H and O–H groups in total. The van der Waals surface area contributed by atoms with E-state index in [9.17, 15) is 4.79 Å². The summed E-state index contributed by atoms with van der Waals surface area (Å²) in [4.78, 5) is 12.2. The van der Waals surface area contributed by atoms with Gasteiger partial charge in [-0.15, -0.1) is 0 Å².